The van der Waals surface area contributed by atoms with Crippen molar-refractivity contribution < 1.29 is 4.79 Å². The Kier molecular flexibility index (Phi) is 2.20. The molecule has 0 aromatic carbocycles. The van der Waals surface area contributed by atoms with Crippen LogP contribution in [-0.4, -0.2) is 6.29 Å². The molecule has 0 bridgehead atoms. The van der Waals surface area contributed by atoms with E-state index >= 15 is 0 Å². The van der Waals surface area contributed by atoms with Gasteiger partial charge in [-0.1, -0.05) is 39.0 Å². The maximum absolute atomic E-state index is 10.6. The van der Waals surface area contributed by atoms with Crippen molar-refractivity contribution in [3.63, 3.8) is 0 Å². The molecule has 1 nitrogen and oxygen atoms in total. The van der Waals surface area contributed by atoms with Crippen LogP contribution in [0.4, 0.5) is 0 Å². The lowest BCUT2D eigenvalue weighted by atomic mass is 9.84. The minimum absolute atomic E-state index is 0.424. The summed E-state index contributed by atoms with van der Waals surface area (Å²) in [7, 11) is 0. The molecule has 0 spiro atoms. The van der Waals surface area contributed by atoms with Gasteiger partial charge in [-0.05, 0) is 17.8 Å². The number of carbonyl (C=O) groups is 1. The molecule has 2 saturated carbocycles. The fourth-order valence-corrected chi connectivity index (χ4v) is 3.00. The van der Waals surface area contributed by atoms with Crippen LogP contribution in [0.25, 0.3) is 0 Å². The quantitative estimate of drug-likeness (QED) is 0.576. The normalized spacial score (nSPS) is 42.6. The van der Waals surface area contributed by atoms with Crippen molar-refractivity contribution in [3.8, 4) is 0 Å². The predicted octanol–water partition coefficient (Wildman–Crippen LogP) is 2.65. The lowest BCUT2D eigenvalue weighted by molar-refractivity contribution is -0.109. The summed E-state index contributed by atoms with van der Waals surface area (Å²) in [5, 5.41) is 0. The molecule has 3 atom stereocenters. The van der Waals surface area contributed by atoms with Crippen LogP contribution in [-0.2, 0) is 4.79 Å². The van der Waals surface area contributed by atoms with E-state index in [0.29, 0.717) is 11.8 Å². The van der Waals surface area contributed by atoms with Gasteiger partial charge in [-0.25, -0.2) is 0 Å². The van der Waals surface area contributed by atoms with Crippen LogP contribution >= 0.6 is 0 Å². The second-order valence-electron chi connectivity index (χ2n) is 4.55. The highest BCUT2D eigenvalue weighted by atomic mass is 16.1. The van der Waals surface area contributed by atoms with Crippen LogP contribution in [0.1, 0.15) is 39.0 Å². The summed E-state index contributed by atoms with van der Waals surface area (Å²) in [4.78, 5) is 10.6. The molecule has 0 N–H and O–H groups in total. The Morgan fingerprint density at radius 1 is 1.17 bits per heavy atom. The molecule has 0 radical (unpaired) electrons. The molecule has 0 heterocycles. The van der Waals surface area contributed by atoms with Gasteiger partial charge >= 0.3 is 0 Å². The Morgan fingerprint density at radius 2 is 1.83 bits per heavy atom. The molecular weight excluding hydrogens is 148 g/mol. The minimum Gasteiger partial charge on any atom is -0.303 e. The molecule has 2 aliphatic carbocycles. The van der Waals surface area contributed by atoms with Crippen molar-refractivity contribution in [2.24, 2.45) is 23.7 Å². The van der Waals surface area contributed by atoms with Gasteiger partial charge in [0.2, 0.25) is 0 Å². The van der Waals surface area contributed by atoms with Crippen molar-refractivity contribution in [2.75, 3.05) is 0 Å². The summed E-state index contributed by atoms with van der Waals surface area (Å²) in [5.41, 5.74) is 0. The lowest BCUT2D eigenvalue weighted by Crippen LogP contribution is -2.10. The van der Waals surface area contributed by atoms with Gasteiger partial charge < -0.3 is 4.79 Å². The summed E-state index contributed by atoms with van der Waals surface area (Å²) < 4.78 is 0. The summed E-state index contributed by atoms with van der Waals surface area (Å²) in [6.07, 6.45) is 8.19. The van der Waals surface area contributed by atoms with Crippen molar-refractivity contribution >= 4 is 6.29 Å². The molecule has 12 heavy (non-hydrogen) atoms. The predicted molar refractivity (Wildman–Crippen MR) is 48.8 cm³/mol. The van der Waals surface area contributed by atoms with Gasteiger partial charge in [0, 0.05) is 5.92 Å². The van der Waals surface area contributed by atoms with Gasteiger partial charge in [-0.15, -0.1) is 0 Å². The molecule has 0 aromatic rings. The first kappa shape index (κ1) is 8.28. The summed E-state index contributed by atoms with van der Waals surface area (Å²) in [6, 6.07) is 0. The van der Waals surface area contributed by atoms with Crippen molar-refractivity contribution in [1.29, 1.82) is 0 Å². The zero-order chi connectivity index (χ0) is 8.55. The molecule has 3 unspecified atom stereocenters. The summed E-state index contributed by atoms with van der Waals surface area (Å²) >= 11 is 0. The van der Waals surface area contributed by atoms with Crippen LogP contribution in [0.3, 0.4) is 0 Å². The average Bonchev–Trinajstić information content (AvgIpc) is 2.78. The molecule has 0 aromatic heterocycles. The molecule has 1 heteroatoms. The molecule has 2 rings (SSSR count). The molecule has 68 valence electrons. The third-order valence-corrected chi connectivity index (χ3v) is 3.87. The number of hydrogen-bond acceptors (Lipinski definition) is 1. The Morgan fingerprint density at radius 3 is 2.33 bits per heavy atom. The monoisotopic (exact) mass is 166 g/mol. The van der Waals surface area contributed by atoms with E-state index in [4.69, 9.17) is 0 Å². The van der Waals surface area contributed by atoms with Gasteiger partial charge in [-0.2, -0.15) is 0 Å². The molecule has 2 aliphatic rings. The van der Waals surface area contributed by atoms with E-state index in [0.717, 1.165) is 11.8 Å². The highest BCUT2D eigenvalue weighted by Gasteiger charge is 2.50. The standard InChI is InChI=1S/C11H18O/c1-8-10(7-12)11(8)9-5-3-2-4-6-9/h7-11H,2-6H2,1H3. The van der Waals surface area contributed by atoms with Gasteiger partial charge in [0.05, 0.1) is 0 Å². The van der Waals surface area contributed by atoms with E-state index in [1.54, 1.807) is 0 Å². The van der Waals surface area contributed by atoms with Crippen molar-refractivity contribution in [2.45, 2.75) is 39.0 Å². The fourth-order valence-electron chi connectivity index (χ4n) is 3.00. The SMILES string of the molecule is CC1C(C=O)C1C1CCCCC1. The number of carbonyl (C=O) groups excluding carboxylic acids is 1. The van der Waals surface area contributed by atoms with Crippen molar-refractivity contribution in [1.82, 2.24) is 0 Å². The average molecular weight is 166 g/mol. The number of aldehydes is 1. The first-order chi connectivity index (χ1) is 5.84. The topological polar surface area (TPSA) is 17.1 Å². The van der Waals surface area contributed by atoms with Crippen molar-refractivity contribution in [3.05, 3.63) is 0 Å². The first-order valence-electron chi connectivity index (χ1n) is 5.30. The third-order valence-electron chi connectivity index (χ3n) is 3.87. The summed E-state index contributed by atoms with van der Waals surface area (Å²) in [6.45, 7) is 2.23. The van der Waals surface area contributed by atoms with Crippen LogP contribution in [0, 0.1) is 23.7 Å². The molecule has 0 saturated heterocycles. The maximum atomic E-state index is 10.6. The van der Waals surface area contributed by atoms with E-state index in [-0.39, 0.29) is 0 Å². The largest absolute Gasteiger partial charge is 0.303 e. The zero-order valence-corrected chi connectivity index (χ0v) is 7.83. The van der Waals surface area contributed by atoms with E-state index in [2.05, 4.69) is 6.92 Å². The Balaban J connectivity index is 1.88. The van der Waals surface area contributed by atoms with E-state index in [1.165, 1.54) is 38.4 Å². The Hall–Kier alpha value is -0.330. The van der Waals surface area contributed by atoms with Gasteiger partial charge in [0.1, 0.15) is 6.29 Å². The fraction of sp³-hybridized carbons (Fsp3) is 0.909. The first-order valence-corrected chi connectivity index (χ1v) is 5.30. The minimum atomic E-state index is 0.424. The highest BCUT2D eigenvalue weighted by molar-refractivity contribution is 5.59. The summed E-state index contributed by atoms with van der Waals surface area (Å²) in [5.74, 6) is 2.78. The molecular formula is C11H18O. The molecule has 0 amide bonds. The van der Waals surface area contributed by atoms with Gasteiger partial charge in [0.25, 0.3) is 0 Å². The van der Waals surface area contributed by atoms with Crippen LogP contribution < -0.4 is 0 Å². The molecule has 0 aliphatic heterocycles. The Bertz CT molecular complexity index is 170. The van der Waals surface area contributed by atoms with Crippen LogP contribution in [0.5, 0.6) is 0 Å². The van der Waals surface area contributed by atoms with Gasteiger partial charge in [0.15, 0.2) is 0 Å². The van der Waals surface area contributed by atoms with Crippen LogP contribution in [0.15, 0.2) is 0 Å². The van der Waals surface area contributed by atoms with E-state index in [9.17, 15) is 4.79 Å². The van der Waals surface area contributed by atoms with E-state index in [1.807, 2.05) is 0 Å². The number of rotatable bonds is 2. The Labute approximate surface area is 74.5 Å². The van der Waals surface area contributed by atoms with Gasteiger partial charge in [-0.3, -0.25) is 0 Å². The van der Waals surface area contributed by atoms with Crippen LogP contribution in [0.2, 0.25) is 0 Å². The second-order valence-corrected chi connectivity index (χ2v) is 4.55. The molecule has 2 fully saturated rings. The number of hydrogen-bond donors (Lipinski definition) is 0. The third kappa shape index (κ3) is 1.30. The lowest BCUT2D eigenvalue weighted by Gasteiger charge is -2.21. The zero-order valence-electron chi connectivity index (χ0n) is 7.83. The second kappa shape index (κ2) is 3.20. The highest BCUT2D eigenvalue weighted by Crippen LogP contribution is 2.53. The smallest absolute Gasteiger partial charge is 0.123 e. The maximum Gasteiger partial charge on any atom is 0.123 e. The van der Waals surface area contributed by atoms with E-state index < -0.39 is 0 Å².